The minimum atomic E-state index is -4.71. The van der Waals surface area contributed by atoms with Gasteiger partial charge in [-0.25, -0.2) is 4.57 Å². The summed E-state index contributed by atoms with van der Waals surface area (Å²) in [5.74, 6) is -2.36. The average molecular weight is 832 g/mol. The highest BCUT2D eigenvalue weighted by molar-refractivity contribution is 7.47. The van der Waals surface area contributed by atoms with E-state index in [1.54, 1.807) is 0 Å². The van der Waals surface area contributed by atoms with Gasteiger partial charge in [0.25, 0.3) is 0 Å². The van der Waals surface area contributed by atoms with Crippen LogP contribution >= 0.6 is 7.82 Å². The van der Waals surface area contributed by atoms with Crippen LogP contribution in [0.1, 0.15) is 226 Å². The number of phosphoric ester groups is 1. The van der Waals surface area contributed by atoms with E-state index in [-0.39, 0.29) is 19.4 Å². The topological polar surface area (TPSA) is 172 Å². The number of carbonyl (C=O) groups excluding carboxylic acids is 2. The molecule has 1 unspecified atom stereocenters. The van der Waals surface area contributed by atoms with Crippen molar-refractivity contribution in [3.8, 4) is 0 Å². The van der Waals surface area contributed by atoms with Gasteiger partial charge < -0.3 is 25.2 Å². The summed E-state index contributed by atoms with van der Waals surface area (Å²) in [6, 6.07) is -1.52. The molecule has 0 amide bonds. The zero-order valence-electron chi connectivity index (χ0n) is 36.5. The third-order valence-corrected chi connectivity index (χ3v) is 11.2. The zero-order chi connectivity index (χ0) is 42.1. The van der Waals surface area contributed by atoms with E-state index in [4.69, 9.17) is 24.8 Å². The lowest BCUT2D eigenvalue weighted by molar-refractivity contribution is -0.161. The van der Waals surface area contributed by atoms with Crippen LogP contribution in [0.5, 0.6) is 0 Å². The number of ether oxygens (including phenoxy) is 2. The van der Waals surface area contributed by atoms with Gasteiger partial charge in [-0.3, -0.25) is 23.4 Å². The summed E-state index contributed by atoms with van der Waals surface area (Å²) < 4.78 is 32.7. The molecule has 0 aliphatic heterocycles. The molecule has 0 spiro atoms. The molecule has 0 radical (unpaired) electrons. The van der Waals surface area contributed by atoms with Crippen molar-refractivity contribution in [2.75, 3.05) is 19.8 Å². The molecule has 0 bridgehead atoms. The molecule has 0 aromatic carbocycles. The molecule has 0 aromatic rings. The highest BCUT2D eigenvalue weighted by atomic mass is 31.2. The highest BCUT2D eigenvalue weighted by Crippen LogP contribution is 2.43. The van der Waals surface area contributed by atoms with E-state index in [9.17, 15) is 23.8 Å². The first-order valence-corrected chi connectivity index (χ1v) is 24.7. The first-order chi connectivity index (χ1) is 27.6. The van der Waals surface area contributed by atoms with Gasteiger partial charge in [0.2, 0.25) is 0 Å². The van der Waals surface area contributed by atoms with Crippen LogP contribution in [-0.2, 0) is 37.5 Å². The minimum absolute atomic E-state index is 0.165. The first-order valence-electron chi connectivity index (χ1n) is 23.2. The van der Waals surface area contributed by atoms with E-state index >= 15 is 0 Å². The Morgan fingerprint density at radius 2 is 0.877 bits per heavy atom. The lowest BCUT2D eigenvalue weighted by Crippen LogP contribution is -2.34. The van der Waals surface area contributed by atoms with E-state index in [0.29, 0.717) is 12.8 Å². The first kappa shape index (κ1) is 55.2. The highest BCUT2D eigenvalue weighted by Gasteiger charge is 2.28. The molecule has 57 heavy (non-hydrogen) atoms. The van der Waals surface area contributed by atoms with E-state index in [1.807, 2.05) is 0 Å². The van der Waals surface area contributed by atoms with Crippen LogP contribution in [0.15, 0.2) is 12.2 Å². The Balaban J connectivity index is 4.24. The zero-order valence-corrected chi connectivity index (χ0v) is 37.3. The molecular weight excluding hydrogens is 745 g/mol. The number of nitrogens with two attached hydrogens (primary N) is 1. The maximum Gasteiger partial charge on any atom is 0.472 e. The number of phosphoric acid groups is 1. The van der Waals surface area contributed by atoms with Crippen molar-refractivity contribution in [3.05, 3.63) is 12.2 Å². The summed E-state index contributed by atoms with van der Waals surface area (Å²) in [4.78, 5) is 46.0. The van der Waals surface area contributed by atoms with Crippen molar-refractivity contribution in [2.45, 2.75) is 238 Å². The largest absolute Gasteiger partial charge is 0.480 e. The second kappa shape index (κ2) is 41.0. The predicted molar refractivity (Wildman–Crippen MR) is 231 cm³/mol. The second-order valence-electron chi connectivity index (χ2n) is 15.9. The van der Waals surface area contributed by atoms with Crippen molar-refractivity contribution in [2.24, 2.45) is 5.73 Å². The molecule has 0 fully saturated rings. The van der Waals surface area contributed by atoms with Crippen LogP contribution in [0.2, 0.25) is 0 Å². The van der Waals surface area contributed by atoms with E-state index in [2.05, 4.69) is 30.5 Å². The van der Waals surface area contributed by atoms with Crippen LogP contribution in [-0.4, -0.2) is 59.9 Å². The summed E-state index contributed by atoms with van der Waals surface area (Å²) in [6.07, 6.45) is 41.3. The van der Waals surface area contributed by atoms with E-state index < -0.39 is 51.1 Å². The van der Waals surface area contributed by atoms with Gasteiger partial charge in [-0.15, -0.1) is 0 Å². The number of hydrogen-bond acceptors (Lipinski definition) is 9. The Bertz CT molecular complexity index is 1030. The van der Waals surface area contributed by atoms with E-state index in [0.717, 1.165) is 38.5 Å². The molecule has 3 atom stereocenters. The maximum absolute atomic E-state index is 12.6. The van der Waals surface area contributed by atoms with Crippen molar-refractivity contribution >= 4 is 25.7 Å². The number of carbonyl (C=O) groups is 3. The standard InChI is InChI=1S/C45H86NO10P/c1-3-5-7-9-11-13-15-17-18-19-20-21-22-23-24-25-27-29-31-33-35-37-44(48)56-41(39-54-57(51,52)55-40-42(46)45(49)50)38-53-43(47)36-34-32-30-28-26-16-14-12-10-8-6-4-2/h17-18,41-42H,3-16,19-40,46H2,1-2H3,(H,49,50)(H,51,52)/b18-17+/t41-,42-/m0/s1. The van der Waals surface area contributed by atoms with Crippen LogP contribution in [0.3, 0.4) is 0 Å². The Labute approximate surface area is 348 Å². The lowest BCUT2D eigenvalue weighted by Gasteiger charge is -2.20. The van der Waals surface area contributed by atoms with Crippen molar-refractivity contribution in [1.29, 1.82) is 0 Å². The van der Waals surface area contributed by atoms with Gasteiger partial charge in [0.05, 0.1) is 13.2 Å². The molecule has 11 nitrogen and oxygen atoms in total. The smallest absolute Gasteiger partial charge is 0.472 e. The molecule has 0 saturated heterocycles. The third kappa shape index (κ3) is 40.8. The van der Waals surface area contributed by atoms with E-state index in [1.165, 1.54) is 148 Å². The number of carboxylic acids is 1. The molecule has 0 saturated carbocycles. The molecule has 336 valence electrons. The van der Waals surface area contributed by atoms with Gasteiger partial charge in [0.1, 0.15) is 12.6 Å². The fraction of sp³-hybridized carbons (Fsp3) is 0.889. The number of aliphatic carboxylic acids is 1. The minimum Gasteiger partial charge on any atom is -0.480 e. The summed E-state index contributed by atoms with van der Waals surface area (Å²) in [6.45, 7) is 2.82. The normalized spacial score (nSPS) is 13.8. The van der Waals surface area contributed by atoms with Gasteiger partial charge >= 0.3 is 25.7 Å². The van der Waals surface area contributed by atoms with Crippen molar-refractivity contribution < 1.29 is 47.5 Å². The van der Waals surface area contributed by atoms with Crippen molar-refractivity contribution in [1.82, 2.24) is 0 Å². The predicted octanol–water partition coefficient (Wildman–Crippen LogP) is 12.5. The van der Waals surface area contributed by atoms with Gasteiger partial charge in [-0.2, -0.15) is 0 Å². The number of rotatable bonds is 44. The number of unbranched alkanes of at least 4 members (excludes halogenated alkanes) is 28. The van der Waals surface area contributed by atoms with Crippen LogP contribution in [0, 0.1) is 0 Å². The van der Waals surface area contributed by atoms with Gasteiger partial charge in [-0.05, 0) is 38.5 Å². The third-order valence-electron chi connectivity index (χ3n) is 10.3. The van der Waals surface area contributed by atoms with Gasteiger partial charge in [0.15, 0.2) is 6.10 Å². The van der Waals surface area contributed by atoms with Crippen LogP contribution in [0.4, 0.5) is 0 Å². The molecule has 0 rings (SSSR count). The Hall–Kier alpha value is -1.78. The van der Waals surface area contributed by atoms with Crippen LogP contribution < -0.4 is 5.73 Å². The SMILES string of the molecule is CCCCCCCC/C=C/CCCCCCCCCCCCCC(=O)O[C@@H](COC(=O)CCCCCCCCCCCCCC)COP(=O)(O)OC[C@H](N)C(=O)O. The molecule has 0 aliphatic rings. The second-order valence-corrected chi connectivity index (χ2v) is 17.3. The van der Waals surface area contributed by atoms with Gasteiger partial charge in [-0.1, -0.05) is 187 Å². The lowest BCUT2D eigenvalue weighted by atomic mass is 10.0. The fourth-order valence-electron chi connectivity index (χ4n) is 6.59. The summed E-state index contributed by atoms with van der Waals surface area (Å²) >= 11 is 0. The molecule has 12 heteroatoms. The summed E-state index contributed by atoms with van der Waals surface area (Å²) in [5, 5.41) is 8.89. The quantitative estimate of drug-likeness (QED) is 0.0231. The number of esters is 2. The molecule has 4 N–H and O–H groups in total. The molecule has 0 heterocycles. The molecule has 0 aromatic heterocycles. The average Bonchev–Trinajstić information content (AvgIpc) is 3.19. The summed E-state index contributed by atoms with van der Waals surface area (Å²) in [7, 11) is -4.71. The number of hydrogen-bond donors (Lipinski definition) is 3. The van der Waals surface area contributed by atoms with Crippen LogP contribution in [0.25, 0.3) is 0 Å². The number of allylic oxidation sites excluding steroid dienone is 2. The molecular formula is C45H86NO10P. The monoisotopic (exact) mass is 832 g/mol. The fourth-order valence-corrected chi connectivity index (χ4v) is 7.37. The Kier molecular flexibility index (Phi) is 39.7. The number of carboxylic acid groups (broad SMARTS) is 1. The van der Waals surface area contributed by atoms with Gasteiger partial charge in [0, 0.05) is 12.8 Å². The summed E-state index contributed by atoms with van der Waals surface area (Å²) in [5.41, 5.74) is 5.34. The molecule has 0 aliphatic carbocycles. The Morgan fingerprint density at radius 3 is 1.28 bits per heavy atom. The Morgan fingerprint density at radius 1 is 0.526 bits per heavy atom. The van der Waals surface area contributed by atoms with Crippen molar-refractivity contribution in [3.63, 3.8) is 0 Å². The maximum atomic E-state index is 12.6.